The number of hydrogen-bond donors (Lipinski definition) is 2. The minimum Gasteiger partial charge on any atom is -0.497 e. The van der Waals surface area contributed by atoms with Crippen LogP contribution in [0.5, 0.6) is 5.75 Å². The van der Waals surface area contributed by atoms with Gasteiger partial charge in [0.15, 0.2) is 5.82 Å². The molecule has 6 nitrogen and oxygen atoms in total. The van der Waals surface area contributed by atoms with Gasteiger partial charge in [-0.2, -0.15) is 13.2 Å². The smallest absolute Gasteiger partial charge is 0.416 e. The number of rotatable bonds is 7. The number of nitrogens with zero attached hydrogens (tertiary/aromatic N) is 3. The number of nitrogens with one attached hydrogen (secondary N) is 1. The predicted octanol–water partition coefficient (Wildman–Crippen LogP) is 4.66. The molecule has 0 fully saturated rings. The van der Waals surface area contributed by atoms with Crippen LogP contribution < -0.4 is 10.1 Å². The lowest BCUT2D eigenvalue weighted by atomic mass is 10.1. The number of pyridine rings is 1. The molecule has 0 aliphatic rings. The molecule has 0 amide bonds. The van der Waals surface area contributed by atoms with E-state index in [0.29, 0.717) is 18.7 Å². The van der Waals surface area contributed by atoms with Crippen molar-refractivity contribution < 1.29 is 23.0 Å². The van der Waals surface area contributed by atoms with Crippen molar-refractivity contribution in [3.05, 3.63) is 59.5 Å². The molecule has 3 rings (SSSR count). The third-order valence-corrected chi connectivity index (χ3v) is 4.57. The maximum Gasteiger partial charge on any atom is 0.416 e. The number of aryl methyl sites for hydroxylation is 1. The molecule has 2 aromatic heterocycles. The van der Waals surface area contributed by atoms with Crippen LogP contribution in [0.1, 0.15) is 30.3 Å². The van der Waals surface area contributed by atoms with Gasteiger partial charge in [0.05, 0.1) is 24.5 Å². The van der Waals surface area contributed by atoms with Gasteiger partial charge in [0, 0.05) is 41.8 Å². The summed E-state index contributed by atoms with van der Waals surface area (Å²) in [6.07, 6.45) is -2.51. The lowest BCUT2D eigenvalue weighted by Gasteiger charge is -2.12. The van der Waals surface area contributed by atoms with Crippen molar-refractivity contribution in [3.8, 4) is 11.4 Å². The molecular formula is C21H23F3N4O2. The molecule has 0 aliphatic carbocycles. The van der Waals surface area contributed by atoms with E-state index < -0.39 is 17.8 Å². The number of anilines is 2. The summed E-state index contributed by atoms with van der Waals surface area (Å²) < 4.78 is 46.2. The number of hydrogen-bond acceptors (Lipinski definition) is 5. The van der Waals surface area contributed by atoms with Gasteiger partial charge in [0.1, 0.15) is 5.75 Å². The SMILES string of the molecule is CC[C@H](O)Cc1cc(Nc2cc(OC)cc(C(F)(F)F)c2)nn1-c1ccnc(C)c1. The lowest BCUT2D eigenvalue weighted by molar-refractivity contribution is -0.137. The van der Waals surface area contributed by atoms with Crippen LogP contribution in [-0.2, 0) is 12.6 Å². The number of ether oxygens (including phenoxy) is 1. The van der Waals surface area contributed by atoms with E-state index in [1.165, 1.54) is 13.2 Å². The molecule has 0 saturated heterocycles. The van der Waals surface area contributed by atoms with E-state index in [9.17, 15) is 18.3 Å². The summed E-state index contributed by atoms with van der Waals surface area (Å²) >= 11 is 0. The van der Waals surface area contributed by atoms with Crippen molar-refractivity contribution in [2.24, 2.45) is 0 Å². The normalized spacial score (nSPS) is 12.6. The van der Waals surface area contributed by atoms with Crippen LogP contribution in [0.2, 0.25) is 0 Å². The second-order valence-corrected chi connectivity index (χ2v) is 6.93. The number of benzene rings is 1. The van der Waals surface area contributed by atoms with Crippen LogP contribution in [0.25, 0.3) is 5.69 Å². The molecule has 0 bridgehead atoms. The van der Waals surface area contributed by atoms with Crippen molar-refractivity contribution in [2.45, 2.75) is 39.0 Å². The average molecular weight is 420 g/mol. The van der Waals surface area contributed by atoms with Gasteiger partial charge in [-0.1, -0.05) is 6.92 Å². The maximum atomic E-state index is 13.2. The Morgan fingerprint density at radius 1 is 1.20 bits per heavy atom. The zero-order valence-corrected chi connectivity index (χ0v) is 16.9. The van der Waals surface area contributed by atoms with Crippen molar-refractivity contribution >= 4 is 11.5 Å². The van der Waals surface area contributed by atoms with E-state index in [-0.39, 0.29) is 11.4 Å². The summed E-state index contributed by atoms with van der Waals surface area (Å²) in [5.41, 5.74) is 1.63. The Labute approximate surface area is 172 Å². The van der Waals surface area contributed by atoms with Crippen molar-refractivity contribution in [1.82, 2.24) is 14.8 Å². The number of methoxy groups -OCH3 is 1. The van der Waals surface area contributed by atoms with Crippen LogP contribution in [0.15, 0.2) is 42.6 Å². The zero-order valence-electron chi connectivity index (χ0n) is 16.9. The molecular weight excluding hydrogens is 397 g/mol. The fraction of sp³-hybridized carbons (Fsp3) is 0.333. The van der Waals surface area contributed by atoms with Crippen LogP contribution in [0, 0.1) is 6.92 Å². The predicted molar refractivity (Wildman–Crippen MR) is 107 cm³/mol. The van der Waals surface area contributed by atoms with Gasteiger partial charge in [-0.05, 0) is 37.6 Å². The van der Waals surface area contributed by atoms with Gasteiger partial charge in [-0.15, -0.1) is 5.10 Å². The van der Waals surface area contributed by atoms with Crippen molar-refractivity contribution in [1.29, 1.82) is 0 Å². The molecule has 9 heteroatoms. The Hall–Kier alpha value is -3.07. The second-order valence-electron chi connectivity index (χ2n) is 6.93. The number of aliphatic hydroxyl groups is 1. The molecule has 1 atom stereocenters. The van der Waals surface area contributed by atoms with E-state index in [1.54, 1.807) is 23.0 Å². The topological polar surface area (TPSA) is 72.2 Å². The number of halogens is 3. The highest BCUT2D eigenvalue weighted by Crippen LogP contribution is 2.35. The van der Waals surface area contributed by atoms with E-state index >= 15 is 0 Å². The summed E-state index contributed by atoms with van der Waals surface area (Å²) in [6.45, 7) is 3.72. The minimum atomic E-state index is -4.50. The largest absolute Gasteiger partial charge is 0.497 e. The quantitative estimate of drug-likeness (QED) is 0.582. The third-order valence-electron chi connectivity index (χ3n) is 4.57. The molecule has 2 N–H and O–H groups in total. The van der Waals surface area contributed by atoms with Gasteiger partial charge < -0.3 is 15.2 Å². The second kappa shape index (κ2) is 8.74. The first kappa shape index (κ1) is 21.6. The Bertz CT molecular complexity index is 1020. The highest BCUT2D eigenvalue weighted by molar-refractivity contribution is 5.61. The van der Waals surface area contributed by atoms with Crippen molar-refractivity contribution in [3.63, 3.8) is 0 Å². The van der Waals surface area contributed by atoms with Gasteiger partial charge in [0.25, 0.3) is 0 Å². The summed E-state index contributed by atoms with van der Waals surface area (Å²) in [6, 6.07) is 8.73. The number of alkyl halides is 3. The summed E-state index contributed by atoms with van der Waals surface area (Å²) in [5.74, 6) is 0.433. The molecule has 2 heterocycles. The highest BCUT2D eigenvalue weighted by Gasteiger charge is 2.31. The molecule has 0 aliphatic heterocycles. The van der Waals surface area contributed by atoms with E-state index in [4.69, 9.17) is 4.74 Å². The molecule has 30 heavy (non-hydrogen) atoms. The first-order valence-electron chi connectivity index (χ1n) is 9.43. The average Bonchev–Trinajstić information content (AvgIpc) is 3.08. The fourth-order valence-electron chi connectivity index (χ4n) is 3.00. The van der Waals surface area contributed by atoms with E-state index in [1.807, 2.05) is 19.9 Å². The third kappa shape index (κ3) is 5.10. The zero-order chi connectivity index (χ0) is 21.9. The van der Waals surface area contributed by atoms with E-state index in [2.05, 4.69) is 15.4 Å². The molecule has 160 valence electrons. The summed E-state index contributed by atoms with van der Waals surface area (Å²) in [5, 5.41) is 17.5. The molecule has 1 aromatic carbocycles. The first-order chi connectivity index (χ1) is 14.2. The molecule has 0 saturated carbocycles. The maximum absolute atomic E-state index is 13.2. The van der Waals surface area contributed by atoms with Crippen molar-refractivity contribution in [2.75, 3.05) is 12.4 Å². The number of aliphatic hydroxyl groups excluding tert-OH is 1. The van der Waals surface area contributed by atoms with Crippen LogP contribution >= 0.6 is 0 Å². The molecule has 0 radical (unpaired) electrons. The van der Waals surface area contributed by atoms with Gasteiger partial charge in [0.2, 0.25) is 0 Å². The number of aromatic nitrogens is 3. The standard InChI is InChI=1S/C21H23F3N4O2/c1-4-18(29)11-17-12-20(27-28(17)16-5-6-25-13(2)7-16)26-15-8-14(21(22,23)24)9-19(10-15)30-3/h5-10,12,18,29H,4,11H2,1-3H3,(H,26,27)/t18-/m0/s1. The molecule has 3 aromatic rings. The molecule has 0 spiro atoms. The lowest BCUT2D eigenvalue weighted by Crippen LogP contribution is -2.12. The van der Waals surface area contributed by atoms with Gasteiger partial charge in [-0.25, -0.2) is 4.68 Å². The van der Waals surface area contributed by atoms with Crippen LogP contribution in [0.4, 0.5) is 24.7 Å². The Morgan fingerprint density at radius 2 is 1.97 bits per heavy atom. The fourth-order valence-corrected chi connectivity index (χ4v) is 3.00. The highest BCUT2D eigenvalue weighted by atomic mass is 19.4. The van der Waals surface area contributed by atoms with Gasteiger partial charge >= 0.3 is 6.18 Å². The summed E-state index contributed by atoms with van der Waals surface area (Å²) in [4.78, 5) is 4.17. The summed E-state index contributed by atoms with van der Waals surface area (Å²) in [7, 11) is 1.31. The Balaban J connectivity index is 2.00. The first-order valence-corrected chi connectivity index (χ1v) is 9.43. The van der Waals surface area contributed by atoms with E-state index in [0.717, 1.165) is 29.2 Å². The monoisotopic (exact) mass is 420 g/mol. The van der Waals surface area contributed by atoms with Gasteiger partial charge in [-0.3, -0.25) is 4.98 Å². The van der Waals surface area contributed by atoms with Crippen LogP contribution in [0.3, 0.4) is 0 Å². The molecule has 0 unspecified atom stereocenters. The Kier molecular flexibility index (Phi) is 6.31. The Morgan fingerprint density at radius 3 is 2.60 bits per heavy atom. The minimum absolute atomic E-state index is 0.0816. The van der Waals surface area contributed by atoms with Crippen LogP contribution in [-0.4, -0.2) is 33.1 Å².